The lowest BCUT2D eigenvalue weighted by molar-refractivity contribution is -0.118. The molecule has 0 unspecified atom stereocenters. The smallest absolute Gasteiger partial charge is 0.239 e. The van der Waals surface area contributed by atoms with Gasteiger partial charge in [-0.2, -0.15) is 0 Å². The summed E-state index contributed by atoms with van der Waals surface area (Å²) in [7, 11) is 0. The number of rotatable bonds is 6. The summed E-state index contributed by atoms with van der Waals surface area (Å²) in [5, 5.41) is 18.4. The Morgan fingerprint density at radius 1 is 1.06 bits per heavy atom. The van der Waals surface area contributed by atoms with Crippen LogP contribution in [-0.2, 0) is 11.4 Å². The Morgan fingerprint density at radius 3 is 2.55 bits per heavy atom. The number of nitrogens with two attached hydrogens (primary N) is 1. The average molecular weight is 415 g/mol. The number of carbonyl (C=O) groups excluding carboxylic acids is 1. The quantitative estimate of drug-likeness (QED) is 0.348. The van der Waals surface area contributed by atoms with Crippen molar-refractivity contribution in [2.75, 3.05) is 10.6 Å². The SMILES string of the molecule is Cc1ccc2c(Nc3cc(CO)cc(N[C@@H](C)C(N)=O)c3)c3ccccc3nc2c1C. The van der Waals surface area contributed by atoms with Crippen LogP contribution in [0.1, 0.15) is 23.6 Å². The molecule has 31 heavy (non-hydrogen) atoms. The van der Waals surface area contributed by atoms with E-state index in [1.54, 1.807) is 13.0 Å². The van der Waals surface area contributed by atoms with Crippen molar-refractivity contribution in [3.63, 3.8) is 0 Å². The highest BCUT2D eigenvalue weighted by Gasteiger charge is 2.14. The number of aliphatic hydroxyl groups is 1. The summed E-state index contributed by atoms with van der Waals surface area (Å²) in [6, 6.07) is 17.3. The summed E-state index contributed by atoms with van der Waals surface area (Å²) < 4.78 is 0. The Labute approximate surface area is 181 Å². The molecule has 0 saturated carbocycles. The van der Waals surface area contributed by atoms with Crippen LogP contribution >= 0.6 is 0 Å². The van der Waals surface area contributed by atoms with Gasteiger partial charge in [0, 0.05) is 22.1 Å². The zero-order chi connectivity index (χ0) is 22.1. The van der Waals surface area contributed by atoms with E-state index >= 15 is 0 Å². The molecule has 0 bridgehead atoms. The summed E-state index contributed by atoms with van der Waals surface area (Å²) in [5.41, 5.74) is 12.8. The fraction of sp³-hybridized carbons (Fsp3) is 0.200. The van der Waals surface area contributed by atoms with Crippen molar-refractivity contribution in [1.29, 1.82) is 0 Å². The topological polar surface area (TPSA) is 100 Å². The number of carbonyl (C=O) groups is 1. The molecule has 6 nitrogen and oxygen atoms in total. The lowest BCUT2D eigenvalue weighted by Gasteiger charge is -2.18. The van der Waals surface area contributed by atoms with E-state index in [1.807, 2.05) is 36.4 Å². The molecule has 6 heteroatoms. The number of aromatic nitrogens is 1. The molecular weight excluding hydrogens is 388 g/mol. The lowest BCUT2D eigenvalue weighted by Crippen LogP contribution is -2.32. The molecule has 3 aromatic carbocycles. The van der Waals surface area contributed by atoms with Crippen LogP contribution < -0.4 is 16.4 Å². The third kappa shape index (κ3) is 4.02. The predicted molar refractivity (Wildman–Crippen MR) is 127 cm³/mol. The van der Waals surface area contributed by atoms with Gasteiger partial charge in [-0.05, 0) is 61.7 Å². The number of hydrogen-bond acceptors (Lipinski definition) is 5. The number of benzene rings is 3. The van der Waals surface area contributed by atoms with Gasteiger partial charge < -0.3 is 21.5 Å². The van der Waals surface area contributed by atoms with Gasteiger partial charge in [-0.3, -0.25) is 4.79 Å². The van der Waals surface area contributed by atoms with Crippen LogP contribution in [0.3, 0.4) is 0 Å². The van der Waals surface area contributed by atoms with Gasteiger partial charge in [0.15, 0.2) is 0 Å². The first kappa shape index (κ1) is 20.6. The van der Waals surface area contributed by atoms with Gasteiger partial charge in [0.05, 0.1) is 23.3 Å². The van der Waals surface area contributed by atoms with Gasteiger partial charge in [0.25, 0.3) is 0 Å². The van der Waals surface area contributed by atoms with E-state index in [2.05, 4.69) is 36.6 Å². The Morgan fingerprint density at radius 2 is 1.81 bits per heavy atom. The third-order valence-corrected chi connectivity index (χ3v) is 5.63. The van der Waals surface area contributed by atoms with E-state index in [0.717, 1.165) is 44.3 Å². The van der Waals surface area contributed by atoms with Crippen LogP contribution in [0, 0.1) is 13.8 Å². The van der Waals surface area contributed by atoms with Gasteiger partial charge >= 0.3 is 0 Å². The minimum atomic E-state index is -0.532. The predicted octanol–water partition coefficient (Wildman–Crippen LogP) is 4.53. The number of primary amides is 1. The van der Waals surface area contributed by atoms with Gasteiger partial charge in [-0.25, -0.2) is 4.98 Å². The zero-order valence-electron chi connectivity index (χ0n) is 17.9. The number of para-hydroxylation sites is 1. The fourth-order valence-corrected chi connectivity index (χ4v) is 3.73. The number of hydrogen-bond donors (Lipinski definition) is 4. The number of aryl methyl sites for hydroxylation is 2. The molecule has 0 radical (unpaired) electrons. The number of nitrogens with zero attached hydrogens (tertiary/aromatic N) is 1. The maximum absolute atomic E-state index is 11.5. The lowest BCUT2D eigenvalue weighted by atomic mass is 10.0. The molecule has 5 N–H and O–H groups in total. The molecule has 0 saturated heterocycles. The normalized spacial score (nSPS) is 12.1. The minimum Gasteiger partial charge on any atom is -0.392 e. The van der Waals surface area contributed by atoms with Crippen molar-refractivity contribution in [3.8, 4) is 0 Å². The van der Waals surface area contributed by atoms with Crippen LogP contribution in [0.15, 0.2) is 54.6 Å². The number of pyridine rings is 1. The second-order valence-electron chi connectivity index (χ2n) is 7.88. The Balaban J connectivity index is 1.87. The zero-order valence-corrected chi connectivity index (χ0v) is 17.9. The number of aliphatic hydroxyl groups excluding tert-OH is 1. The Kier molecular flexibility index (Phi) is 5.48. The van der Waals surface area contributed by atoms with Crippen LogP contribution in [0.4, 0.5) is 17.1 Å². The highest BCUT2D eigenvalue weighted by Crippen LogP contribution is 2.36. The molecule has 158 valence electrons. The van der Waals surface area contributed by atoms with Crippen LogP contribution in [-0.4, -0.2) is 22.0 Å². The van der Waals surface area contributed by atoms with Crippen LogP contribution in [0.2, 0.25) is 0 Å². The minimum absolute atomic E-state index is 0.120. The number of nitrogens with one attached hydrogen (secondary N) is 2. The maximum Gasteiger partial charge on any atom is 0.239 e. The standard InChI is InChI=1S/C25H26N4O2/c1-14-8-9-21-23(15(14)2)29-22-7-5-4-6-20(22)24(21)28-19-11-17(13-30)10-18(12-19)27-16(3)25(26)31/h4-12,16,27,30H,13H2,1-3H3,(H2,26,31)(H,28,29)/t16-/m0/s1. The highest BCUT2D eigenvalue weighted by atomic mass is 16.3. The maximum atomic E-state index is 11.5. The molecule has 4 aromatic rings. The third-order valence-electron chi connectivity index (χ3n) is 5.63. The van der Waals surface area contributed by atoms with Gasteiger partial charge in [0.2, 0.25) is 5.91 Å². The van der Waals surface area contributed by atoms with E-state index in [-0.39, 0.29) is 6.61 Å². The first-order valence-corrected chi connectivity index (χ1v) is 10.2. The first-order valence-electron chi connectivity index (χ1n) is 10.2. The number of amides is 1. The van der Waals surface area contributed by atoms with Crippen molar-refractivity contribution >= 4 is 44.8 Å². The van der Waals surface area contributed by atoms with E-state index in [0.29, 0.717) is 5.69 Å². The van der Waals surface area contributed by atoms with Crippen molar-refractivity contribution < 1.29 is 9.90 Å². The molecule has 1 amide bonds. The molecule has 4 rings (SSSR count). The van der Waals surface area contributed by atoms with E-state index in [4.69, 9.17) is 10.7 Å². The molecule has 0 aliphatic heterocycles. The molecule has 1 heterocycles. The van der Waals surface area contributed by atoms with E-state index in [1.165, 1.54) is 5.56 Å². The van der Waals surface area contributed by atoms with E-state index < -0.39 is 11.9 Å². The highest BCUT2D eigenvalue weighted by molar-refractivity contribution is 6.09. The largest absolute Gasteiger partial charge is 0.392 e. The van der Waals surface area contributed by atoms with E-state index in [9.17, 15) is 9.90 Å². The molecular formula is C25H26N4O2. The summed E-state index contributed by atoms with van der Waals surface area (Å²) in [6.45, 7) is 5.76. The van der Waals surface area contributed by atoms with Crippen molar-refractivity contribution in [1.82, 2.24) is 4.98 Å². The molecule has 1 atom stereocenters. The van der Waals surface area contributed by atoms with Gasteiger partial charge in [-0.1, -0.05) is 30.3 Å². The molecule has 0 aliphatic carbocycles. The summed E-state index contributed by atoms with van der Waals surface area (Å²) >= 11 is 0. The molecule has 0 aliphatic rings. The van der Waals surface area contributed by atoms with Crippen molar-refractivity contribution in [2.45, 2.75) is 33.4 Å². The summed E-state index contributed by atoms with van der Waals surface area (Å²) in [5.74, 6) is -0.444. The van der Waals surface area contributed by atoms with Crippen LogP contribution in [0.25, 0.3) is 21.8 Å². The summed E-state index contributed by atoms with van der Waals surface area (Å²) in [6.07, 6.45) is 0. The Hall–Kier alpha value is -3.64. The van der Waals surface area contributed by atoms with Gasteiger partial charge in [-0.15, -0.1) is 0 Å². The van der Waals surface area contributed by atoms with Crippen molar-refractivity contribution in [2.24, 2.45) is 5.73 Å². The first-order chi connectivity index (χ1) is 14.9. The Bertz CT molecular complexity index is 1300. The number of anilines is 3. The fourth-order valence-electron chi connectivity index (χ4n) is 3.73. The monoisotopic (exact) mass is 414 g/mol. The van der Waals surface area contributed by atoms with Gasteiger partial charge in [0.1, 0.15) is 6.04 Å². The summed E-state index contributed by atoms with van der Waals surface area (Å²) in [4.78, 5) is 16.4. The molecule has 0 spiro atoms. The second-order valence-corrected chi connectivity index (χ2v) is 7.88. The molecule has 1 aromatic heterocycles. The second kappa shape index (κ2) is 8.24. The average Bonchev–Trinajstić information content (AvgIpc) is 2.76. The van der Waals surface area contributed by atoms with Crippen molar-refractivity contribution in [3.05, 3.63) is 71.3 Å². The number of fused-ring (bicyclic) bond motifs is 2. The molecule has 0 fully saturated rings. The van der Waals surface area contributed by atoms with Crippen LogP contribution in [0.5, 0.6) is 0 Å².